The number of imidazole rings is 1. The van der Waals surface area contributed by atoms with Crippen LogP contribution in [0.2, 0.25) is 0 Å². The van der Waals surface area contributed by atoms with Crippen LogP contribution in [-0.4, -0.2) is 15.0 Å². The SMILES string of the molecule is CCc1nc(-c2ccnc(N)c2)[nH]c1CC. The lowest BCUT2D eigenvalue weighted by Gasteiger charge is -1.97. The standard InChI is InChI=1S/C12H16N4/c1-3-9-10(4-2)16-12(15-9)8-5-6-14-11(13)7-8/h5-7H,3-4H2,1-2H3,(H2,13,14)(H,15,16). The van der Waals surface area contributed by atoms with Gasteiger partial charge in [0.25, 0.3) is 0 Å². The molecule has 0 amide bonds. The van der Waals surface area contributed by atoms with Crippen molar-refractivity contribution in [2.45, 2.75) is 26.7 Å². The maximum Gasteiger partial charge on any atom is 0.138 e. The topological polar surface area (TPSA) is 67.6 Å². The van der Waals surface area contributed by atoms with Crippen LogP contribution >= 0.6 is 0 Å². The van der Waals surface area contributed by atoms with E-state index in [-0.39, 0.29) is 0 Å². The highest BCUT2D eigenvalue weighted by atomic mass is 14.9. The summed E-state index contributed by atoms with van der Waals surface area (Å²) in [5.41, 5.74) is 8.97. The quantitative estimate of drug-likeness (QED) is 0.826. The number of aryl methyl sites for hydroxylation is 2. The van der Waals surface area contributed by atoms with Crippen molar-refractivity contribution >= 4 is 5.82 Å². The largest absolute Gasteiger partial charge is 0.384 e. The highest BCUT2D eigenvalue weighted by molar-refractivity contribution is 5.59. The maximum absolute atomic E-state index is 5.65. The van der Waals surface area contributed by atoms with Crippen molar-refractivity contribution in [1.29, 1.82) is 0 Å². The van der Waals surface area contributed by atoms with Gasteiger partial charge in [0.15, 0.2) is 0 Å². The van der Waals surface area contributed by atoms with E-state index in [2.05, 4.69) is 28.8 Å². The minimum Gasteiger partial charge on any atom is -0.384 e. The molecule has 0 aliphatic carbocycles. The summed E-state index contributed by atoms with van der Waals surface area (Å²) in [6, 6.07) is 3.74. The number of pyridine rings is 1. The van der Waals surface area contributed by atoms with Crippen molar-refractivity contribution in [3.63, 3.8) is 0 Å². The number of hydrogen-bond donors (Lipinski definition) is 2. The molecule has 0 atom stereocenters. The number of aromatic amines is 1. The number of nitrogens with one attached hydrogen (secondary N) is 1. The van der Waals surface area contributed by atoms with Crippen molar-refractivity contribution in [3.8, 4) is 11.4 Å². The van der Waals surface area contributed by atoms with Gasteiger partial charge in [0.2, 0.25) is 0 Å². The molecule has 4 heteroatoms. The molecule has 0 saturated carbocycles. The van der Waals surface area contributed by atoms with E-state index in [1.54, 1.807) is 6.20 Å². The molecule has 0 unspecified atom stereocenters. The van der Waals surface area contributed by atoms with Crippen LogP contribution in [0, 0.1) is 0 Å². The van der Waals surface area contributed by atoms with Gasteiger partial charge in [-0.15, -0.1) is 0 Å². The van der Waals surface area contributed by atoms with Crippen molar-refractivity contribution in [2.24, 2.45) is 0 Å². The molecule has 0 radical (unpaired) electrons. The van der Waals surface area contributed by atoms with Crippen LogP contribution in [-0.2, 0) is 12.8 Å². The first kappa shape index (κ1) is 10.7. The number of nitrogen functional groups attached to an aromatic ring is 1. The van der Waals surface area contributed by atoms with Crippen LogP contribution in [0.4, 0.5) is 5.82 Å². The Labute approximate surface area is 94.9 Å². The number of hydrogen-bond acceptors (Lipinski definition) is 3. The first-order valence-electron chi connectivity index (χ1n) is 5.54. The second kappa shape index (κ2) is 4.35. The highest BCUT2D eigenvalue weighted by Gasteiger charge is 2.08. The summed E-state index contributed by atoms with van der Waals surface area (Å²) in [6.07, 6.45) is 3.61. The fraction of sp³-hybridized carbons (Fsp3) is 0.333. The van der Waals surface area contributed by atoms with E-state index in [1.165, 1.54) is 5.69 Å². The predicted molar refractivity (Wildman–Crippen MR) is 65.0 cm³/mol. The maximum atomic E-state index is 5.65. The van der Waals surface area contributed by atoms with Gasteiger partial charge in [-0.3, -0.25) is 0 Å². The molecule has 2 aromatic rings. The summed E-state index contributed by atoms with van der Waals surface area (Å²) in [4.78, 5) is 11.9. The van der Waals surface area contributed by atoms with E-state index in [1.807, 2.05) is 12.1 Å². The third-order valence-corrected chi connectivity index (χ3v) is 2.61. The molecule has 0 aliphatic heterocycles. The van der Waals surface area contributed by atoms with Gasteiger partial charge in [-0.1, -0.05) is 13.8 Å². The Hall–Kier alpha value is -1.84. The zero-order chi connectivity index (χ0) is 11.5. The van der Waals surface area contributed by atoms with E-state index in [0.717, 1.165) is 29.9 Å². The Morgan fingerprint density at radius 2 is 2.12 bits per heavy atom. The van der Waals surface area contributed by atoms with Crippen LogP contribution in [0.15, 0.2) is 18.3 Å². The average molecular weight is 216 g/mol. The lowest BCUT2D eigenvalue weighted by atomic mass is 10.2. The van der Waals surface area contributed by atoms with Gasteiger partial charge in [0.05, 0.1) is 5.69 Å². The number of anilines is 1. The molecular weight excluding hydrogens is 200 g/mol. The molecule has 2 aromatic heterocycles. The summed E-state index contributed by atoms with van der Waals surface area (Å²) < 4.78 is 0. The van der Waals surface area contributed by atoms with Crippen LogP contribution in [0.25, 0.3) is 11.4 Å². The van der Waals surface area contributed by atoms with E-state index in [0.29, 0.717) is 5.82 Å². The fourth-order valence-corrected chi connectivity index (χ4v) is 1.76. The number of aromatic nitrogens is 3. The van der Waals surface area contributed by atoms with E-state index in [9.17, 15) is 0 Å². The fourth-order valence-electron chi connectivity index (χ4n) is 1.76. The third kappa shape index (κ3) is 1.91. The number of nitrogens with two attached hydrogens (primary N) is 1. The molecule has 2 heterocycles. The zero-order valence-electron chi connectivity index (χ0n) is 9.62. The molecule has 0 aliphatic rings. The highest BCUT2D eigenvalue weighted by Crippen LogP contribution is 2.19. The smallest absolute Gasteiger partial charge is 0.138 e. The van der Waals surface area contributed by atoms with E-state index >= 15 is 0 Å². The zero-order valence-corrected chi connectivity index (χ0v) is 9.62. The Balaban J connectivity index is 2.44. The second-order valence-electron chi connectivity index (χ2n) is 3.69. The van der Waals surface area contributed by atoms with Gasteiger partial charge in [0, 0.05) is 17.5 Å². The molecule has 4 nitrogen and oxygen atoms in total. The van der Waals surface area contributed by atoms with Gasteiger partial charge in [-0.25, -0.2) is 9.97 Å². The van der Waals surface area contributed by atoms with Gasteiger partial charge < -0.3 is 10.7 Å². The van der Waals surface area contributed by atoms with Gasteiger partial charge in [-0.05, 0) is 25.0 Å². The summed E-state index contributed by atoms with van der Waals surface area (Å²) in [5.74, 6) is 1.40. The van der Waals surface area contributed by atoms with Crippen LogP contribution in [0.5, 0.6) is 0 Å². The normalized spacial score (nSPS) is 10.6. The molecule has 2 rings (SSSR count). The molecule has 0 bridgehead atoms. The number of rotatable bonds is 3. The van der Waals surface area contributed by atoms with Crippen LogP contribution in [0.3, 0.4) is 0 Å². The van der Waals surface area contributed by atoms with Crippen molar-refractivity contribution in [1.82, 2.24) is 15.0 Å². The summed E-state index contributed by atoms with van der Waals surface area (Å²) in [7, 11) is 0. The lowest BCUT2D eigenvalue weighted by molar-refractivity contribution is 0.979. The van der Waals surface area contributed by atoms with E-state index in [4.69, 9.17) is 5.73 Å². The molecule has 0 spiro atoms. The number of nitrogens with zero attached hydrogens (tertiary/aromatic N) is 2. The Bertz CT molecular complexity index is 466. The minimum absolute atomic E-state index is 0.519. The summed E-state index contributed by atoms with van der Waals surface area (Å²) in [6.45, 7) is 4.23. The Morgan fingerprint density at radius 1 is 1.31 bits per heavy atom. The van der Waals surface area contributed by atoms with Crippen molar-refractivity contribution in [3.05, 3.63) is 29.7 Å². The van der Waals surface area contributed by atoms with E-state index < -0.39 is 0 Å². The molecule has 3 N–H and O–H groups in total. The first-order valence-corrected chi connectivity index (χ1v) is 5.54. The summed E-state index contributed by atoms with van der Waals surface area (Å²) in [5, 5.41) is 0. The molecule has 16 heavy (non-hydrogen) atoms. The van der Waals surface area contributed by atoms with Crippen LogP contribution in [0.1, 0.15) is 25.2 Å². The van der Waals surface area contributed by atoms with Crippen molar-refractivity contribution in [2.75, 3.05) is 5.73 Å². The molecule has 0 saturated heterocycles. The predicted octanol–water partition coefficient (Wildman–Crippen LogP) is 2.18. The van der Waals surface area contributed by atoms with Gasteiger partial charge in [-0.2, -0.15) is 0 Å². The average Bonchev–Trinajstić information content (AvgIpc) is 2.72. The monoisotopic (exact) mass is 216 g/mol. The molecular formula is C12H16N4. The molecule has 84 valence electrons. The van der Waals surface area contributed by atoms with Gasteiger partial charge in [0.1, 0.15) is 11.6 Å². The molecule has 0 fully saturated rings. The number of H-pyrrole nitrogens is 1. The first-order chi connectivity index (χ1) is 7.74. The Morgan fingerprint density at radius 3 is 2.69 bits per heavy atom. The van der Waals surface area contributed by atoms with Crippen LogP contribution < -0.4 is 5.73 Å². The minimum atomic E-state index is 0.519. The van der Waals surface area contributed by atoms with Gasteiger partial charge >= 0.3 is 0 Å². The van der Waals surface area contributed by atoms with Crippen molar-refractivity contribution < 1.29 is 0 Å². The Kier molecular flexibility index (Phi) is 2.90. The lowest BCUT2D eigenvalue weighted by Crippen LogP contribution is -1.90. The third-order valence-electron chi connectivity index (χ3n) is 2.61. The second-order valence-corrected chi connectivity index (χ2v) is 3.69. The molecule has 0 aromatic carbocycles. The summed E-state index contributed by atoms with van der Waals surface area (Å²) >= 11 is 0.